The molecule has 0 amide bonds. The number of benzene rings is 2. The van der Waals surface area contributed by atoms with Crippen LogP contribution >= 0.6 is 0 Å². The van der Waals surface area contributed by atoms with Crippen molar-refractivity contribution in [2.75, 3.05) is 6.54 Å². The highest BCUT2D eigenvalue weighted by atomic mass is 16.1. The van der Waals surface area contributed by atoms with E-state index in [4.69, 9.17) is 0 Å². The Bertz CT molecular complexity index is 907. The lowest BCUT2D eigenvalue weighted by molar-refractivity contribution is 0.664. The van der Waals surface area contributed by atoms with Gasteiger partial charge in [-0.05, 0) is 17.5 Å². The van der Waals surface area contributed by atoms with Gasteiger partial charge < -0.3 is 4.57 Å². The topological polar surface area (TPSA) is 34.4 Å². The molecule has 1 aliphatic rings. The molecular weight excluding hydrogens is 260 g/mol. The van der Waals surface area contributed by atoms with E-state index in [1.54, 1.807) is 0 Å². The number of rotatable bonds is 1. The Kier molecular flexibility index (Phi) is 2.71. The first kappa shape index (κ1) is 12.1. The second-order valence-electron chi connectivity index (χ2n) is 5.17. The van der Waals surface area contributed by atoms with Crippen LogP contribution in [0.4, 0.5) is 0 Å². The summed E-state index contributed by atoms with van der Waals surface area (Å²) in [5, 5.41) is 1.75. The molecule has 0 unspecified atom stereocenters. The van der Waals surface area contributed by atoms with Crippen molar-refractivity contribution in [3.05, 3.63) is 82.3 Å². The van der Waals surface area contributed by atoms with Crippen molar-refractivity contribution in [3.8, 4) is 0 Å². The van der Waals surface area contributed by atoms with Gasteiger partial charge in [0, 0.05) is 17.5 Å². The zero-order valence-corrected chi connectivity index (χ0v) is 11.5. The molecule has 2 heterocycles. The van der Waals surface area contributed by atoms with Crippen LogP contribution in [-0.4, -0.2) is 16.8 Å². The van der Waals surface area contributed by atoms with E-state index >= 15 is 0 Å². The molecule has 1 aromatic heterocycles. The van der Waals surface area contributed by atoms with Gasteiger partial charge in [0.25, 0.3) is 5.56 Å². The van der Waals surface area contributed by atoms with Gasteiger partial charge in [0.2, 0.25) is 0 Å². The fourth-order valence-corrected chi connectivity index (χ4v) is 2.89. The van der Waals surface area contributed by atoms with E-state index in [0.29, 0.717) is 13.1 Å². The lowest BCUT2D eigenvalue weighted by atomic mass is 10.0. The first-order valence-electron chi connectivity index (χ1n) is 7.07. The van der Waals surface area contributed by atoms with E-state index in [2.05, 4.69) is 11.1 Å². The zero-order valence-electron chi connectivity index (χ0n) is 11.5. The Hall–Kier alpha value is -2.68. The second kappa shape index (κ2) is 4.70. The number of hydrogen-bond acceptors (Lipinski definition) is 2. The molecule has 0 fully saturated rings. The number of fused-ring (bicyclic) bond motifs is 2. The Morgan fingerprint density at radius 1 is 0.952 bits per heavy atom. The second-order valence-corrected chi connectivity index (χ2v) is 5.17. The van der Waals surface area contributed by atoms with Gasteiger partial charge in [-0.2, -0.15) is 0 Å². The van der Waals surface area contributed by atoms with Crippen molar-refractivity contribution in [2.45, 2.75) is 6.54 Å². The van der Waals surface area contributed by atoms with E-state index in [1.807, 2.05) is 59.2 Å². The van der Waals surface area contributed by atoms with Crippen LogP contribution in [0, 0.1) is 0 Å². The molecule has 0 atom stereocenters. The average molecular weight is 274 g/mol. The van der Waals surface area contributed by atoms with Crippen molar-refractivity contribution in [1.29, 1.82) is 0 Å². The van der Waals surface area contributed by atoms with Crippen molar-refractivity contribution >= 4 is 16.5 Å². The van der Waals surface area contributed by atoms with Gasteiger partial charge in [-0.3, -0.25) is 9.79 Å². The lowest BCUT2D eigenvalue weighted by Crippen LogP contribution is -2.31. The summed E-state index contributed by atoms with van der Waals surface area (Å²) in [6.45, 7) is 1.30. The molecule has 0 spiro atoms. The predicted molar refractivity (Wildman–Crippen MR) is 85.2 cm³/mol. The molecule has 4 rings (SSSR count). The number of nitrogens with zero attached hydrogens (tertiary/aromatic N) is 2. The molecule has 0 saturated heterocycles. The maximum absolute atomic E-state index is 12.7. The average Bonchev–Trinajstić information content (AvgIpc) is 2.56. The van der Waals surface area contributed by atoms with E-state index < -0.39 is 0 Å². The summed E-state index contributed by atoms with van der Waals surface area (Å²) >= 11 is 0. The van der Waals surface area contributed by atoms with E-state index in [0.717, 1.165) is 27.7 Å². The number of aromatic nitrogens is 1. The lowest BCUT2D eigenvalue weighted by Gasteiger charge is -2.20. The summed E-state index contributed by atoms with van der Waals surface area (Å²) in [5.41, 5.74) is 2.95. The van der Waals surface area contributed by atoms with Crippen LogP contribution in [0.3, 0.4) is 0 Å². The summed E-state index contributed by atoms with van der Waals surface area (Å²) in [6, 6.07) is 19.9. The molecule has 0 N–H and O–H groups in total. The minimum atomic E-state index is 0.0754. The smallest absolute Gasteiger partial charge is 0.259 e. The van der Waals surface area contributed by atoms with E-state index in [1.165, 1.54) is 0 Å². The molecule has 2 aromatic carbocycles. The largest absolute Gasteiger partial charge is 0.304 e. The van der Waals surface area contributed by atoms with Crippen LogP contribution in [0.25, 0.3) is 10.8 Å². The van der Waals surface area contributed by atoms with Crippen LogP contribution in [0.5, 0.6) is 0 Å². The molecular formula is C18H14N2O. The Balaban J connectivity index is 2.02. The maximum atomic E-state index is 12.7. The molecule has 0 aliphatic carbocycles. The number of hydrogen-bond donors (Lipinski definition) is 0. The summed E-state index contributed by atoms with van der Waals surface area (Å²) in [5.74, 6) is 0. The molecule has 1 aliphatic heterocycles. The standard InChI is InChI=1S/C18H14N2O/c21-18-15-9-5-4-8-14(15)12-16-17(19-10-11-20(16)18)13-6-2-1-3-7-13/h1-9,12H,10-11H2. The molecule has 0 radical (unpaired) electrons. The molecule has 3 heteroatoms. The molecule has 3 aromatic rings. The third kappa shape index (κ3) is 1.89. The highest BCUT2D eigenvalue weighted by Crippen LogP contribution is 2.18. The quantitative estimate of drug-likeness (QED) is 0.672. The van der Waals surface area contributed by atoms with Gasteiger partial charge in [0.05, 0.1) is 18.0 Å². The first-order chi connectivity index (χ1) is 10.3. The van der Waals surface area contributed by atoms with E-state index in [-0.39, 0.29) is 5.56 Å². The van der Waals surface area contributed by atoms with Crippen molar-refractivity contribution in [1.82, 2.24) is 4.57 Å². The minimum Gasteiger partial charge on any atom is -0.304 e. The third-order valence-electron chi connectivity index (χ3n) is 3.90. The van der Waals surface area contributed by atoms with E-state index in [9.17, 15) is 4.79 Å². The third-order valence-corrected chi connectivity index (χ3v) is 3.90. The van der Waals surface area contributed by atoms with Crippen LogP contribution in [0.2, 0.25) is 0 Å². The monoisotopic (exact) mass is 274 g/mol. The molecule has 3 nitrogen and oxygen atoms in total. The van der Waals surface area contributed by atoms with Gasteiger partial charge in [0.1, 0.15) is 0 Å². The minimum absolute atomic E-state index is 0.0754. The Labute approximate surface area is 122 Å². The molecule has 102 valence electrons. The van der Waals surface area contributed by atoms with Crippen LogP contribution < -0.4 is 5.56 Å². The van der Waals surface area contributed by atoms with Crippen LogP contribution in [0.15, 0.2) is 70.5 Å². The fraction of sp³-hybridized carbons (Fsp3) is 0.111. The van der Waals surface area contributed by atoms with Crippen molar-refractivity contribution in [3.63, 3.8) is 0 Å². The first-order valence-corrected chi connectivity index (χ1v) is 7.07. The highest BCUT2D eigenvalue weighted by molar-refractivity contribution is 6.13. The van der Waals surface area contributed by atoms with Gasteiger partial charge in [-0.1, -0.05) is 48.5 Å². The highest BCUT2D eigenvalue weighted by Gasteiger charge is 2.18. The normalized spacial score (nSPS) is 13.8. The van der Waals surface area contributed by atoms with Gasteiger partial charge in [-0.25, -0.2) is 0 Å². The number of aliphatic imine (C=N–C) groups is 1. The summed E-state index contributed by atoms with van der Waals surface area (Å²) in [4.78, 5) is 17.3. The fourth-order valence-electron chi connectivity index (χ4n) is 2.89. The Morgan fingerprint density at radius 3 is 2.57 bits per heavy atom. The van der Waals surface area contributed by atoms with Crippen LogP contribution in [-0.2, 0) is 6.54 Å². The number of pyridine rings is 1. The summed E-state index contributed by atoms with van der Waals surface area (Å²) in [6.07, 6.45) is 0. The van der Waals surface area contributed by atoms with Crippen LogP contribution in [0.1, 0.15) is 11.3 Å². The predicted octanol–water partition coefficient (Wildman–Crippen LogP) is 2.85. The SMILES string of the molecule is O=c1c2ccccc2cc2n1CCN=C2c1ccccc1. The Morgan fingerprint density at radius 2 is 1.71 bits per heavy atom. The summed E-state index contributed by atoms with van der Waals surface area (Å²) in [7, 11) is 0. The van der Waals surface area contributed by atoms with Crippen molar-refractivity contribution < 1.29 is 0 Å². The maximum Gasteiger partial charge on any atom is 0.259 e. The van der Waals surface area contributed by atoms with Gasteiger partial charge >= 0.3 is 0 Å². The zero-order chi connectivity index (χ0) is 14.2. The van der Waals surface area contributed by atoms with Gasteiger partial charge in [0.15, 0.2) is 0 Å². The summed E-state index contributed by atoms with van der Waals surface area (Å²) < 4.78 is 1.84. The molecule has 0 bridgehead atoms. The van der Waals surface area contributed by atoms with Gasteiger partial charge in [-0.15, -0.1) is 0 Å². The molecule has 21 heavy (non-hydrogen) atoms. The van der Waals surface area contributed by atoms with Crippen molar-refractivity contribution in [2.24, 2.45) is 4.99 Å². The molecule has 0 saturated carbocycles.